The number of rotatable bonds is 6. The zero-order valence-corrected chi connectivity index (χ0v) is 12.4. The predicted octanol–water partition coefficient (Wildman–Crippen LogP) is 2.13. The van der Waals surface area contributed by atoms with Crippen LogP contribution in [0.25, 0.3) is 0 Å². The second-order valence-corrected chi connectivity index (χ2v) is 7.46. The Morgan fingerprint density at radius 3 is 2.61 bits per heavy atom. The van der Waals surface area contributed by atoms with Gasteiger partial charge in [-0.3, -0.25) is 4.79 Å². The van der Waals surface area contributed by atoms with E-state index in [0.717, 1.165) is 16.3 Å². The van der Waals surface area contributed by atoms with Crippen LogP contribution in [0.2, 0.25) is 0 Å². The van der Waals surface area contributed by atoms with Gasteiger partial charge in [-0.15, -0.1) is 0 Å². The third-order valence-electron chi connectivity index (χ3n) is 2.56. The van der Waals surface area contributed by atoms with Crippen LogP contribution in [-0.4, -0.2) is 31.5 Å². The number of hydrogen-bond donors (Lipinski definition) is 1. The molecule has 1 aromatic carbocycles. The maximum Gasteiger partial charge on any atom is 0.306 e. The Hall–Kier alpha value is -0.880. The quantitative estimate of drug-likeness (QED) is 0.864. The normalized spacial score (nSPS) is 13.2. The van der Waals surface area contributed by atoms with Gasteiger partial charge in [0.2, 0.25) is 0 Å². The molecule has 0 spiro atoms. The molecule has 0 aliphatic carbocycles. The molecule has 6 heteroatoms. The topological polar surface area (TPSA) is 71.4 Å². The van der Waals surface area contributed by atoms with E-state index in [9.17, 15) is 13.2 Å². The van der Waals surface area contributed by atoms with Crippen LogP contribution in [0.1, 0.15) is 12.0 Å². The zero-order valence-electron chi connectivity index (χ0n) is 9.97. The van der Waals surface area contributed by atoms with Crippen molar-refractivity contribution in [3.8, 4) is 0 Å². The van der Waals surface area contributed by atoms with Gasteiger partial charge in [-0.25, -0.2) is 8.42 Å². The molecule has 0 radical (unpaired) electrons. The molecule has 1 aromatic rings. The molecule has 0 unspecified atom stereocenters. The van der Waals surface area contributed by atoms with Crippen molar-refractivity contribution in [3.63, 3.8) is 0 Å². The molecular weight excluding hydrogens is 320 g/mol. The molecule has 0 saturated heterocycles. The monoisotopic (exact) mass is 334 g/mol. The van der Waals surface area contributed by atoms with Gasteiger partial charge in [-0.2, -0.15) is 0 Å². The molecule has 0 fully saturated rings. The summed E-state index contributed by atoms with van der Waals surface area (Å²) < 4.78 is 23.0. The summed E-state index contributed by atoms with van der Waals surface area (Å²) in [6.07, 6.45) is 1.59. The first-order valence-electron chi connectivity index (χ1n) is 5.43. The Bertz CT molecular complexity index is 525. The molecule has 0 aliphatic heterocycles. The second kappa shape index (κ2) is 6.33. The van der Waals surface area contributed by atoms with Gasteiger partial charge in [0.15, 0.2) is 0 Å². The number of halogens is 1. The van der Waals surface area contributed by atoms with Crippen molar-refractivity contribution in [1.29, 1.82) is 0 Å². The fraction of sp³-hybridized carbons (Fsp3) is 0.417. The Kier molecular flexibility index (Phi) is 5.34. The van der Waals surface area contributed by atoms with Gasteiger partial charge in [0.25, 0.3) is 0 Å². The number of aliphatic carboxylic acids is 1. The number of carboxylic acids is 1. The lowest BCUT2D eigenvalue weighted by Gasteiger charge is -2.11. The Balaban J connectivity index is 2.72. The lowest BCUT2D eigenvalue weighted by atomic mass is 9.97. The van der Waals surface area contributed by atoms with Crippen molar-refractivity contribution in [1.82, 2.24) is 0 Å². The maximum absolute atomic E-state index is 11.1. The molecule has 1 rings (SSSR count). The molecule has 0 heterocycles. The minimum Gasteiger partial charge on any atom is -0.481 e. The van der Waals surface area contributed by atoms with Crippen LogP contribution in [0.15, 0.2) is 28.7 Å². The maximum atomic E-state index is 11.1. The van der Waals surface area contributed by atoms with Crippen molar-refractivity contribution in [2.45, 2.75) is 12.8 Å². The molecule has 0 saturated carbocycles. The lowest BCUT2D eigenvalue weighted by Crippen LogP contribution is -2.20. The number of carboxylic acid groups (broad SMARTS) is 1. The van der Waals surface area contributed by atoms with Gasteiger partial charge in [0.1, 0.15) is 9.84 Å². The number of sulfone groups is 1. The predicted molar refractivity (Wildman–Crippen MR) is 73.3 cm³/mol. The smallest absolute Gasteiger partial charge is 0.306 e. The van der Waals surface area contributed by atoms with Gasteiger partial charge >= 0.3 is 5.97 Å². The summed E-state index contributed by atoms with van der Waals surface area (Å²) in [5.74, 6) is -1.73. The summed E-state index contributed by atoms with van der Waals surface area (Å²) in [7, 11) is -3.13. The Morgan fingerprint density at radius 1 is 1.44 bits per heavy atom. The zero-order chi connectivity index (χ0) is 13.8. The molecule has 18 heavy (non-hydrogen) atoms. The number of benzene rings is 1. The summed E-state index contributed by atoms with van der Waals surface area (Å²) in [6.45, 7) is 0. The van der Waals surface area contributed by atoms with Gasteiger partial charge in [-0.1, -0.05) is 28.1 Å². The third-order valence-corrected chi connectivity index (χ3v) is 4.03. The lowest BCUT2D eigenvalue weighted by molar-refractivity contribution is -0.141. The van der Waals surface area contributed by atoms with E-state index >= 15 is 0 Å². The first-order valence-corrected chi connectivity index (χ1v) is 8.28. The molecule has 0 aromatic heterocycles. The van der Waals surface area contributed by atoms with Crippen LogP contribution < -0.4 is 0 Å². The highest BCUT2D eigenvalue weighted by Gasteiger charge is 2.20. The fourth-order valence-corrected chi connectivity index (χ4v) is 2.78. The minimum atomic E-state index is -3.13. The Morgan fingerprint density at radius 2 is 2.11 bits per heavy atom. The van der Waals surface area contributed by atoms with E-state index in [2.05, 4.69) is 15.9 Å². The molecular formula is C12H15BrO4S. The largest absolute Gasteiger partial charge is 0.481 e. The van der Waals surface area contributed by atoms with Crippen molar-refractivity contribution < 1.29 is 18.3 Å². The number of carbonyl (C=O) groups is 1. The van der Waals surface area contributed by atoms with E-state index in [4.69, 9.17) is 5.11 Å². The van der Waals surface area contributed by atoms with Gasteiger partial charge in [0, 0.05) is 10.7 Å². The molecule has 4 nitrogen and oxygen atoms in total. The highest BCUT2D eigenvalue weighted by Crippen LogP contribution is 2.17. The van der Waals surface area contributed by atoms with Crippen LogP contribution in [0.5, 0.6) is 0 Å². The average molecular weight is 335 g/mol. The minimum absolute atomic E-state index is 0.0992. The van der Waals surface area contributed by atoms with E-state index in [1.165, 1.54) is 0 Å². The summed E-state index contributed by atoms with van der Waals surface area (Å²) in [5, 5.41) is 9.09. The summed E-state index contributed by atoms with van der Waals surface area (Å²) in [6, 6.07) is 7.36. The van der Waals surface area contributed by atoms with Crippen molar-refractivity contribution in [2.24, 2.45) is 5.92 Å². The Labute approximate surface area is 115 Å². The first-order chi connectivity index (χ1) is 8.28. The SMILES string of the molecule is CS(=O)(=O)CC[C@H](Cc1cccc(Br)c1)C(=O)O. The third kappa shape index (κ3) is 5.64. The molecule has 0 aliphatic rings. The fourth-order valence-electron chi connectivity index (χ4n) is 1.62. The van der Waals surface area contributed by atoms with Crippen LogP contribution in [0.4, 0.5) is 0 Å². The summed E-state index contributed by atoms with van der Waals surface area (Å²) in [4.78, 5) is 11.1. The molecule has 100 valence electrons. The van der Waals surface area contributed by atoms with Crippen LogP contribution in [0, 0.1) is 5.92 Å². The summed E-state index contributed by atoms with van der Waals surface area (Å²) in [5.41, 5.74) is 0.880. The van der Waals surface area contributed by atoms with Gasteiger partial charge in [0.05, 0.1) is 11.7 Å². The summed E-state index contributed by atoms with van der Waals surface area (Å²) >= 11 is 3.32. The molecule has 0 amide bonds. The number of hydrogen-bond acceptors (Lipinski definition) is 3. The van der Waals surface area contributed by atoms with Crippen LogP contribution in [0.3, 0.4) is 0 Å². The van der Waals surface area contributed by atoms with E-state index in [1.807, 2.05) is 24.3 Å². The molecule has 1 atom stereocenters. The first kappa shape index (κ1) is 15.2. The van der Waals surface area contributed by atoms with Gasteiger partial charge in [-0.05, 0) is 30.5 Å². The van der Waals surface area contributed by atoms with Crippen molar-refractivity contribution in [2.75, 3.05) is 12.0 Å². The second-order valence-electron chi connectivity index (χ2n) is 4.29. The molecule has 1 N–H and O–H groups in total. The van der Waals surface area contributed by atoms with Crippen molar-refractivity contribution in [3.05, 3.63) is 34.3 Å². The average Bonchev–Trinajstić information content (AvgIpc) is 2.22. The highest BCUT2D eigenvalue weighted by molar-refractivity contribution is 9.10. The standard InChI is InChI=1S/C12H15BrO4S/c1-18(16,17)6-5-10(12(14)15)7-9-3-2-4-11(13)8-9/h2-4,8,10H,5-7H2,1H3,(H,14,15)/t10-/m1/s1. The van der Waals surface area contributed by atoms with E-state index in [-0.39, 0.29) is 12.2 Å². The van der Waals surface area contributed by atoms with Crippen LogP contribution >= 0.6 is 15.9 Å². The molecule has 0 bridgehead atoms. The van der Waals surface area contributed by atoms with E-state index in [1.54, 1.807) is 0 Å². The van der Waals surface area contributed by atoms with Gasteiger partial charge < -0.3 is 5.11 Å². The van der Waals surface area contributed by atoms with Crippen LogP contribution in [-0.2, 0) is 21.1 Å². The highest BCUT2D eigenvalue weighted by atomic mass is 79.9. The van der Waals surface area contributed by atoms with E-state index < -0.39 is 21.7 Å². The van der Waals surface area contributed by atoms with E-state index in [0.29, 0.717) is 6.42 Å². The van der Waals surface area contributed by atoms with Crippen molar-refractivity contribution >= 4 is 31.7 Å².